The number of hydrogen-bond donors (Lipinski definition) is 2. The van der Waals surface area contributed by atoms with Crippen LogP contribution in [0.3, 0.4) is 0 Å². The van der Waals surface area contributed by atoms with E-state index in [2.05, 4.69) is 10.6 Å². The molecular weight excluding hydrogens is 449 g/mol. The summed E-state index contributed by atoms with van der Waals surface area (Å²) in [6, 6.07) is 8.65. The topological polar surface area (TPSA) is 87.7 Å². The summed E-state index contributed by atoms with van der Waals surface area (Å²) < 4.78 is 18.7. The Bertz CT molecular complexity index is 1060. The molecule has 174 valence electrons. The Balaban J connectivity index is 1.60. The number of methoxy groups -OCH3 is 1. The third kappa shape index (κ3) is 4.95. The van der Waals surface area contributed by atoms with E-state index in [1.807, 2.05) is 0 Å². The average molecular weight is 474 g/mol. The van der Waals surface area contributed by atoms with E-state index < -0.39 is 17.8 Å². The Labute approximate surface area is 196 Å². The lowest BCUT2D eigenvalue weighted by atomic mass is 9.84. The second kappa shape index (κ2) is 9.79. The fraction of sp³-hybridized carbons (Fsp3) is 0.375. The first-order valence-electron chi connectivity index (χ1n) is 10.9. The Morgan fingerprint density at radius 2 is 1.91 bits per heavy atom. The highest BCUT2D eigenvalue weighted by Crippen LogP contribution is 2.32. The van der Waals surface area contributed by atoms with Gasteiger partial charge in [0.1, 0.15) is 17.6 Å². The number of nitrogens with zero attached hydrogens (tertiary/aromatic N) is 1. The molecule has 2 fully saturated rings. The number of anilines is 1. The predicted octanol–water partition coefficient (Wildman–Crippen LogP) is 3.77. The molecule has 1 aliphatic carbocycles. The third-order valence-corrected chi connectivity index (χ3v) is 6.43. The van der Waals surface area contributed by atoms with Crippen molar-refractivity contribution < 1.29 is 23.5 Å². The quantitative estimate of drug-likeness (QED) is 0.692. The molecule has 2 N–H and O–H groups in total. The number of amides is 3. The minimum atomic E-state index is -0.993. The van der Waals surface area contributed by atoms with Gasteiger partial charge in [-0.1, -0.05) is 24.4 Å². The van der Waals surface area contributed by atoms with Crippen molar-refractivity contribution in [3.8, 4) is 5.75 Å². The number of carbonyl (C=O) groups excluding carboxylic acids is 3. The van der Waals surface area contributed by atoms with Gasteiger partial charge in [-0.05, 0) is 55.3 Å². The summed E-state index contributed by atoms with van der Waals surface area (Å²) >= 11 is 6.04. The molecule has 0 radical (unpaired) electrons. The number of carbonyl (C=O) groups is 3. The number of fused-ring (bicyclic) bond motifs is 1. The van der Waals surface area contributed by atoms with Gasteiger partial charge in [-0.3, -0.25) is 14.4 Å². The lowest BCUT2D eigenvalue weighted by molar-refractivity contribution is -0.135. The molecule has 3 atom stereocenters. The number of ether oxygens (including phenoxy) is 1. The van der Waals surface area contributed by atoms with Gasteiger partial charge in [0.25, 0.3) is 5.91 Å². The van der Waals surface area contributed by atoms with E-state index in [9.17, 15) is 18.8 Å². The fourth-order valence-electron chi connectivity index (χ4n) is 4.63. The lowest BCUT2D eigenvalue weighted by Crippen LogP contribution is -2.68. The molecule has 2 aromatic rings. The number of benzene rings is 2. The number of halogens is 2. The normalized spacial score (nSPS) is 22.2. The van der Waals surface area contributed by atoms with E-state index in [0.29, 0.717) is 16.5 Å². The molecule has 0 spiro atoms. The number of rotatable bonds is 5. The molecule has 33 heavy (non-hydrogen) atoms. The Hall–Kier alpha value is -3.13. The summed E-state index contributed by atoms with van der Waals surface area (Å²) in [4.78, 5) is 40.9. The summed E-state index contributed by atoms with van der Waals surface area (Å²) in [6.45, 7) is 0. The van der Waals surface area contributed by atoms with Crippen molar-refractivity contribution in [1.29, 1.82) is 0 Å². The Morgan fingerprint density at radius 1 is 1.18 bits per heavy atom. The average Bonchev–Trinajstić information content (AvgIpc) is 2.80. The van der Waals surface area contributed by atoms with E-state index in [1.165, 1.54) is 36.3 Å². The molecule has 1 heterocycles. The first-order valence-corrected chi connectivity index (χ1v) is 11.3. The maximum absolute atomic E-state index is 13.5. The van der Waals surface area contributed by atoms with Gasteiger partial charge in [0, 0.05) is 16.6 Å². The van der Waals surface area contributed by atoms with Crippen LogP contribution < -0.4 is 15.4 Å². The summed E-state index contributed by atoms with van der Waals surface area (Å²) in [6.07, 6.45) is 3.13. The van der Waals surface area contributed by atoms with E-state index in [-0.39, 0.29) is 35.9 Å². The second-order valence-electron chi connectivity index (χ2n) is 8.30. The largest absolute Gasteiger partial charge is 0.495 e. The van der Waals surface area contributed by atoms with Gasteiger partial charge in [-0.2, -0.15) is 0 Å². The molecule has 9 heteroatoms. The van der Waals surface area contributed by atoms with Crippen LogP contribution in [0.4, 0.5) is 10.1 Å². The lowest BCUT2D eigenvalue weighted by Gasteiger charge is -2.48. The molecule has 4 rings (SSSR count). The van der Waals surface area contributed by atoms with Crippen molar-refractivity contribution in [2.75, 3.05) is 12.4 Å². The zero-order valence-electron chi connectivity index (χ0n) is 18.1. The minimum Gasteiger partial charge on any atom is -0.495 e. The van der Waals surface area contributed by atoms with Crippen LogP contribution in [-0.4, -0.2) is 47.9 Å². The van der Waals surface area contributed by atoms with Crippen LogP contribution >= 0.6 is 11.6 Å². The standard InChI is InChI=1S/C24H25ClFN3O4/c1-33-21-11-8-15(25)12-18(21)27-22(30)13-20-23(31)28-17-4-2-3-5-19(17)29(20)24(32)14-6-9-16(26)10-7-14/h6-12,17,19-20H,2-5,13H2,1H3,(H,27,30)(H,28,31)/t17-,19+,20+/m0/s1. The van der Waals surface area contributed by atoms with Gasteiger partial charge in [-0.15, -0.1) is 0 Å². The molecule has 3 amide bonds. The van der Waals surface area contributed by atoms with Crippen LogP contribution in [0.1, 0.15) is 42.5 Å². The minimum absolute atomic E-state index is 0.164. The molecule has 7 nitrogen and oxygen atoms in total. The van der Waals surface area contributed by atoms with Crippen molar-refractivity contribution in [2.45, 2.75) is 50.2 Å². The molecule has 2 aromatic carbocycles. The maximum atomic E-state index is 13.5. The van der Waals surface area contributed by atoms with Crippen LogP contribution in [0, 0.1) is 5.82 Å². The summed E-state index contributed by atoms with van der Waals surface area (Å²) in [7, 11) is 1.47. The van der Waals surface area contributed by atoms with Crippen molar-refractivity contribution in [1.82, 2.24) is 10.2 Å². The third-order valence-electron chi connectivity index (χ3n) is 6.19. The van der Waals surface area contributed by atoms with Gasteiger partial charge < -0.3 is 20.3 Å². The van der Waals surface area contributed by atoms with Gasteiger partial charge in [0.05, 0.1) is 25.3 Å². The fourth-order valence-corrected chi connectivity index (χ4v) is 4.80. The van der Waals surface area contributed by atoms with Crippen molar-refractivity contribution in [3.63, 3.8) is 0 Å². The zero-order valence-corrected chi connectivity index (χ0v) is 18.9. The van der Waals surface area contributed by atoms with Crippen molar-refractivity contribution in [2.24, 2.45) is 0 Å². The van der Waals surface area contributed by atoms with E-state index in [4.69, 9.17) is 16.3 Å². The monoisotopic (exact) mass is 473 g/mol. The second-order valence-corrected chi connectivity index (χ2v) is 8.74. The SMILES string of the molecule is COc1ccc(Cl)cc1NC(=O)C[C@@H]1C(=O)N[C@H]2CCCC[C@H]2N1C(=O)c1ccc(F)cc1. The maximum Gasteiger partial charge on any atom is 0.254 e. The van der Waals surface area contributed by atoms with Gasteiger partial charge >= 0.3 is 0 Å². The zero-order chi connectivity index (χ0) is 23.5. The van der Waals surface area contributed by atoms with Crippen LogP contribution in [0.2, 0.25) is 5.02 Å². The van der Waals surface area contributed by atoms with Gasteiger partial charge in [0.15, 0.2) is 0 Å². The van der Waals surface area contributed by atoms with Crippen molar-refractivity contribution >= 4 is 35.0 Å². The molecule has 1 aliphatic heterocycles. The Kier molecular flexibility index (Phi) is 6.83. The molecule has 0 aromatic heterocycles. The van der Waals surface area contributed by atoms with Crippen molar-refractivity contribution in [3.05, 3.63) is 58.9 Å². The smallest absolute Gasteiger partial charge is 0.254 e. The molecule has 0 unspecified atom stereocenters. The summed E-state index contributed by atoms with van der Waals surface area (Å²) in [5.74, 6) is -1.25. The predicted molar refractivity (Wildman–Crippen MR) is 122 cm³/mol. The number of nitrogens with one attached hydrogen (secondary N) is 2. The van der Waals surface area contributed by atoms with Crippen LogP contribution in [0.25, 0.3) is 0 Å². The number of hydrogen-bond acceptors (Lipinski definition) is 4. The Morgan fingerprint density at radius 3 is 2.64 bits per heavy atom. The van der Waals surface area contributed by atoms with E-state index in [1.54, 1.807) is 18.2 Å². The number of piperazine rings is 1. The van der Waals surface area contributed by atoms with E-state index >= 15 is 0 Å². The van der Waals surface area contributed by atoms with Gasteiger partial charge in [0.2, 0.25) is 11.8 Å². The van der Waals surface area contributed by atoms with Crippen LogP contribution in [0.5, 0.6) is 5.75 Å². The highest BCUT2D eigenvalue weighted by atomic mass is 35.5. The molecule has 0 bridgehead atoms. The summed E-state index contributed by atoms with van der Waals surface area (Å²) in [5, 5.41) is 6.15. The van der Waals surface area contributed by atoms with Crippen LogP contribution in [0.15, 0.2) is 42.5 Å². The highest BCUT2D eigenvalue weighted by Gasteiger charge is 2.46. The first-order chi connectivity index (χ1) is 15.9. The molecule has 2 aliphatic rings. The van der Waals surface area contributed by atoms with Gasteiger partial charge in [-0.25, -0.2) is 4.39 Å². The molecule has 1 saturated carbocycles. The molecular formula is C24H25ClFN3O4. The van der Waals surface area contributed by atoms with Crippen LogP contribution in [-0.2, 0) is 9.59 Å². The summed E-state index contributed by atoms with van der Waals surface area (Å²) in [5.41, 5.74) is 0.649. The highest BCUT2D eigenvalue weighted by molar-refractivity contribution is 6.31. The van der Waals surface area contributed by atoms with E-state index in [0.717, 1.165) is 25.7 Å². The first kappa shape index (κ1) is 23.0. The molecule has 1 saturated heterocycles.